The molecule has 0 saturated carbocycles. The maximum Gasteiger partial charge on any atom is 0.387 e. The van der Waals surface area contributed by atoms with Crippen LogP contribution in [0.5, 0.6) is 11.5 Å². The van der Waals surface area contributed by atoms with Crippen LogP contribution < -0.4 is 24.7 Å². The lowest BCUT2D eigenvalue weighted by Gasteiger charge is -2.38. The first kappa shape index (κ1) is 27.6. The van der Waals surface area contributed by atoms with Crippen LogP contribution in [-0.4, -0.2) is 68.1 Å². The van der Waals surface area contributed by atoms with Gasteiger partial charge in [0.2, 0.25) is 5.43 Å². The number of nitrogens with zero attached hydrogens (tertiary/aromatic N) is 3. The summed E-state index contributed by atoms with van der Waals surface area (Å²) in [6.07, 6.45) is 0.941. The number of methoxy groups -OCH3 is 1. The van der Waals surface area contributed by atoms with Crippen molar-refractivity contribution in [2.75, 3.05) is 49.7 Å². The summed E-state index contributed by atoms with van der Waals surface area (Å²) in [4.78, 5) is 39.4. The number of anilines is 2. The summed E-state index contributed by atoms with van der Waals surface area (Å²) < 4.78 is 59.2. The highest BCUT2D eigenvalue weighted by Crippen LogP contribution is 2.40. The van der Waals surface area contributed by atoms with Crippen molar-refractivity contribution < 1.29 is 42.1 Å². The molecule has 1 fully saturated rings. The van der Waals surface area contributed by atoms with Crippen LogP contribution >= 0.6 is 0 Å². The van der Waals surface area contributed by atoms with Gasteiger partial charge in [-0.25, -0.2) is 9.18 Å². The van der Waals surface area contributed by atoms with E-state index in [1.165, 1.54) is 4.90 Å². The average Bonchev–Trinajstić information content (AvgIpc) is 2.89. The number of rotatable bonds is 9. The number of halogens is 3. The number of aromatic nitrogens is 1. The van der Waals surface area contributed by atoms with E-state index in [0.29, 0.717) is 18.8 Å². The highest BCUT2D eigenvalue weighted by Gasteiger charge is 2.30. The second kappa shape index (κ2) is 11.5. The normalized spacial score (nSPS) is 13.6. The molecule has 4 rings (SSSR count). The number of ether oxygens (including phenoxy) is 3. The molecule has 0 atom stereocenters. The minimum Gasteiger partial charge on any atom is -0.495 e. The van der Waals surface area contributed by atoms with Crippen LogP contribution in [0.25, 0.3) is 10.9 Å². The third-order valence-electron chi connectivity index (χ3n) is 6.34. The van der Waals surface area contributed by atoms with Crippen molar-refractivity contribution in [2.24, 2.45) is 0 Å². The molecule has 2 heterocycles. The van der Waals surface area contributed by atoms with E-state index in [9.17, 15) is 28.3 Å². The number of esters is 1. The predicted octanol–water partition coefficient (Wildman–Crippen LogP) is 3.34. The zero-order chi connectivity index (χ0) is 28.3. The Morgan fingerprint density at radius 3 is 2.38 bits per heavy atom. The maximum atomic E-state index is 15.6. The summed E-state index contributed by atoms with van der Waals surface area (Å²) in [6.45, 7) is -1.47. The molecule has 1 aliphatic heterocycles. The number of para-hydroxylation sites is 2. The second-order valence-electron chi connectivity index (χ2n) is 8.67. The Morgan fingerprint density at radius 1 is 1.10 bits per heavy atom. The average molecular weight is 550 g/mol. The summed E-state index contributed by atoms with van der Waals surface area (Å²) in [6, 6.07) is 8.18. The van der Waals surface area contributed by atoms with Crippen molar-refractivity contribution >= 4 is 34.2 Å². The Kier molecular flexibility index (Phi) is 8.17. The summed E-state index contributed by atoms with van der Waals surface area (Å²) in [7, 11) is 1.55. The lowest BCUT2D eigenvalue weighted by Crippen LogP contribution is -2.47. The van der Waals surface area contributed by atoms with Gasteiger partial charge in [0.15, 0.2) is 11.6 Å². The Labute approximate surface area is 220 Å². The summed E-state index contributed by atoms with van der Waals surface area (Å²) in [5.41, 5.74) is -1.46. The molecule has 0 amide bonds. The number of alkyl halides is 2. The standard InChI is InChI=1S/C26H26F3N3O7/c1-15(33)38-12-11-32-14-17(25(35)36)23(34)16-13-18(27)22(24(21(16)32)39-26(28)29)31-9-7-30(8-10-31)19-5-3-4-6-20(19)37-2/h3-6,13-14,26H,7-12H2,1-2H3,(H,35,36). The van der Waals surface area contributed by atoms with Gasteiger partial charge in [-0.05, 0) is 18.2 Å². The van der Waals surface area contributed by atoms with Crippen molar-refractivity contribution in [1.29, 1.82) is 0 Å². The van der Waals surface area contributed by atoms with E-state index in [2.05, 4.69) is 0 Å². The maximum absolute atomic E-state index is 15.6. The molecule has 208 valence electrons. The Hall–Kier alpha value is -4.42. The Morgan fingerprint density at radius 2 is 1.77 bits per heavy atom. The van der Waals surface area contributed by atoms with Gasteiger partial charge in [0.25, 0.3) is 0 Å². The zero-order valence-electron chi connectivity index (χ0n) is 21.2. The van der Waals surface area contributed by atoms with Crippen LogP contribution in [0.15, 0.2) is 41.3 Å². The molecule has 0 spiro atoms. The Bertz CT molecular complexity index is 1450. The lowest BCUT2D eigenvalue weighted by atomic mass is 10.1. The molecule has 0 unspecified atom stereocenters. The van der Waals surface area contributed by atoms with Crippen molar-refractivity contribution in [3.63, 3.8) is 0 Å². The molecular weight excluding hydrogens is 523 g/mol. The summed E-state index contributed by atoms with van der Waals surface area (Å²) >= 11 is 0. The van der Waals surface area contributed by atoms with Crippen molar-refractivity contribution in [1.82, 2.24) is 4.57 Å². The first-order valence-electron chi connectivity index (χ1n) is 12.0. The van der Waals surface area contributed by atoms with Crippen LogP contribution in [0.1, 0.15) is 17.3 Å². The van der Waals surface area contributed by atoms with Crippen LogP contribution in [-0.2, 0) is 16.1 Å². The first-order chi connectivity index (χ1) is 18.6. The fourth-order valence-corrected chi connectivity index (χ4v) is 4.66. The molecule has 1 N–H and O–H groups in total. The van der Waals surface area contributed by atoms with Gasteiger partial charge in [-0.3, -0.25) is 9.59 Å². The third-order valence-corrected chi connectivity index (χ3v) is 6.34. The summed E-state index contributed by atoms with van der Waals surface area (Å²) in [5, 5.41) is 9.04. The quantitative estimate of drug-likeness (QED) is 0.402. The van der Waals surface area contributed by atoms with E-state index in [0.717, 1.165) is 29.4 Å². The smallest absolute Gasteiger partial charge is 0.387 e. The highest BCUT2D eigenvalue weighted by atomic mass is 19.3. The number of pyridine rings is 1. The van der Waals surface area contributed by atoms with Gasteiger partial charge >= 0.3 is 18.6 Å². The SMILES string of the molecule is COc1ccccc1N1CCN(c2c(F)cc3c(=O)c(C(=O)O)cn(CCOC(C)=O)c3c2OC(F)F)CC1. The predicted molar refractivity (Wildman–Crippen MR) is 136 cm³/mol. The molecule has 3 aromatic rings. The van der Waals surface area contributed by atoms with E-state index in [1.54, 1.807) is 13.2 Å². The van der Waals surface area contributed by atoms with Gasteiger partial charge in [0, 0.05) is 39.3 Å². The highest BCUT2D eigenvalue weighted by molar-refractivity contribution is 5.97. The topological polar surface area (TPSA) is 111 Å². The molecule has 1 saturated heterocycles. The number of benzene rings is 2. The zero-order valence-corrected chi connectivity index (χ0v) is 21.2. The fraction of sp³-hybridized carbons (Fsp3) is 0.346. The third kappa shape index (κ3) is 5.71. The number of hydrogen-bond donors (Lipinski definition) is 1. The molecule has 2 aromatic carbocycles. The molecule has 0 bridgehead atoms. The summed E-state index contributed by atoms with van der Waals surface area (Å²) in [5.74, 6) is -3.19. The fourth-order valence-electron chi connectivity index (χ4n) is 4.66. The lowest BCUT2D eigenvalue weighted by molar-refractivity contribution is -0.141. The number of carboxylic acids is 1. The van der Waals surface area contributed by atoms with E-state index in [4.69, 9.17) is 14.2 Å². The van der Waals surface area contributed by atoms with E-state index in [-0.39, 0.29) is 37.4 Å². The molecule has 10 nitrogen and oxygen atoms in total. The second-order valence-corrected chi connectivity index (χ2v) is 8.67. The molecule has 0 radical (unpaired) electrons. The molecule has 0 aliphatic carbocycles. The first-order valence-corrected chi connectivity index (χ1v) is 12.0. The number of carboxylic acid groups (broad SMARTS) is 1. The van der Waals surface area contributed by atoms with Gasteiger partial charge in [-0.1, -0.05) is 12.1 Å². The number of piperazine rings is 1. The number of hydrogen-bond acceptors (Lipinski definition) is 8. The molecule has 1 aliphatic rings. The van der Waals surface area contributed by atoms with Gasteiger partial charge in [-0.15, -0.1) is 0 Å². The van der Waals surface area contributed by atoms with E-state index >= 15 is 4.39 Å². The van der Waals surface area contributed by atoms with Crippen LogP contribution in [0.3, 0.4) is 0 Å². The van der Waals surface area contributed by atoms with Gasteiger partial charge in [0.1, 0.15) is 23.6 Å². The number of carbonyl (C=O) groups is 2. The monoisotopic (exact) mass is 549 g/mol. The Balaban J connectivity index is 1.81. The van der Waals surface area contributed by atoms with Crippen LogP contribution in [0.2, 0.25) is 0 Å². The molecule has 1 aromatic heterocycles. The van der Waals surface area contributed by atoms with Gasteiger partial charge in [-0.2, -0.15) is 8.78 Å². The minimum atomic E-state index is -3.38. The molecular formula is C26H26F3N3O7. The largest absolute Gasteiger partial charge is 0.495 e. The van der Waals surface area contributed by atoms with E-state index < -0.39 is 46.5 Å². The van der Waals surface area contributed by atoms with Crippen LogP contribution in [0.4, 0.5) is 24.5 Å². The molecule has 39 heavy (non-hydrogen) atoms. The number of fused-ring (bicyclic) bond motifs is 1. The van der Waals surface area contributed by atoms with Crippen molar-refractivity contribution in [3.8, 4) is 11.5 Å². The van der Waals surface area contributed by atoms with Crippen molar-refractivity contribution in [2.45, 2.75) is 20.1 Å². The van der Waals surface area contributed by atoms with Crippen LogP contribution in [0, 0.1) is 5.82 Å². The number of aromatic carboxylic acids is 1. The van der Waals surface area contributed by atoms with Crippen molar-refractivity contribution in [3.05, 3.63) is 58.1 Å². The minimum absolute atomic E-state index is 0.205. The van der Waals surface area contributed by atoms with Gasteiger partial charge < -0.3 is 33.7 Å². The van der Waals surface area contributed by atoms with E-state index in [1.807, 2.05) is 23.1 Å². The molecule has 13 heteroatoms. The number of carbonyl (C=O) groups excluding carboxylic acids is 1. The van der Waals surface area contributed by atoms with Gasteiger partial charge in [0.05, 0.1) is 30.2 Å².